The van der Waals surface area contributed by atoms with Gasteiger partial charge in [0.2, 0.25) is 5.95 Å². The fraction of sp³-hybridized carbons (Fsp3) is 0.318. The summed E-state index contributed by atoms with van der Waals surface area (Å²) in [6, 6.07) is 9.71. The first-order chi connectivity index (χ1) is 13.5. The molecule has 1 aliphatic heterocycles. The average Bonchev–Trinajstić information content (AvgIpc) is 3.22. The molecule has 28 heavy (non-hydrogen) atoms. The Bertz CT molecular complexity index is 967. The molecule has 6 heteroatoms. The minimum atomic E-state index is 0.111. The lowest BCUT2D eigenvalue weighted by atomic mass is 9.98. The monoisotopic (exact) mass is 376 g/mol. The summed E-state index contributed by atoms with van der Waals surface area (Å²) in [5.41, 5.74) is 4.86. The van der Waals surface area contributed by atoms with Gasteiger partial charge in [-0.15, -0.1) is 0 Å². The standard InChI is InChI=1S/C22H24N4O2/c1-15-13-16(2)20(17(3)14-15)21(27)25-8-10-26(11-9-25)22-23-7-6-18(24-22)19-5-4-12-28-19/h4-7,12-14H,8-11H2,1-3H3. The van der Waals surface area contributed by atoms with Crippen LogP contribution in [0.5, 0.6) is 0 Å². The van der Waals surface area contributed by atoms with Gasteiger partial charge < -0.3 is 14.2 Å². The summed E-state index contributed by atoms with van der Waals surface area (Å²) in [5.74, 6) is 1.51. The van der Waals surface area contributed by atoms with Gasteiger partial charge in [0.1, 0.15) is 5.69 Å². The molecule has 0 saturated carbocycles. The van der Waals surface area contributed by atoms with Gasteiger partial charge in [-0.25, -0.2) is 9.97 Å². The molecule has 3 heterocycles. The van der Waals surface area contributed by atoms with Crippen molar-refractivity contribution in [3.8, 4) is 11.5 Å². The number of nitrogens with zero attached hydrogens (tertiary/aromatic N) is 4. The molecular formula is C22H24N4O2. The van der Waals surface area contributed by atoms with Crippen molar-refractivity contribution in [3.05, 3.63) is 65.0 Å². The van der Waals surface area contributed by atoms with E-state index in [0.717, 1.165) is 28.1 Å². The number of amides is 1. The molecule has 1 aromatic carbocycles. The van der Waals surface area contributed by atoms with Gasteiger partial charge in [-0.05, 0) is 50.1 Å². The van der Waals surface area contributed by atoms with Crippen LogP contribution in [0.4, 0.5) is 5.95 Å². The molecular weight excluding hydrogens is 352 g/mol. The zero-order chi connectivity index (χ0) is 19.7. The number of hydrogen-bond acceptors (Lipinski definition) is 5. The van der Waals surface area contributed by atoms with E-state index < -0.39 is 0 Å². The van der Waals surface area contributed by atoms with E-state index >= 15 is 0 Å². The molecule has 0 unspecified atom stereocenters. The highest BCUT2D eigenvalue weighted by Crippen LogP contribution is 2.22. The third-order valence-corrected chi connectivity index (χ3v) is 5.16. The van der Waals surface area contributed by atoms with Crippen molar-refractivity contribution in [3.63, 3.8) is 0 Å². The number of hydrogen-bond donors (Lipinski definition) is 0. The SMILES string of the molecule is Cc1cc(C)c(C(=O)N2CCN(c3nccc(-c4ccco4)n3)CC2)c(C)c1. The summed E-state index contributed by atoms with van der Waals surface area (Å²) in [4.78, 5) is 26.1. The third-order valence-electron chi connectivity index (χ3n) is 5.16. The second-order valence-electron chi connectivity index (χ2n) is 7.27. The van der Waals surface area contributed by atoms with Crippen molar-refractivity contribution in [1.82, 2.24) is 14.9 Å². The molecule has 2 aromatic heterocycles. The number of carbonyl (C=O) groups is 1. The molecule has 0 N–H and O–H groups in total. The topological polar surface area (TPSA) is 62.5 Å². The zero-order valence-corrected chi connectivity index (χ0v) is 16.5. The van der Waals surface area contributed by atoms with Gasteiger partial charge in [0.05, 0.1) is 6.26 Å². The van der Waals surface area contributed by atoms with Crippen LogP contribution in [0.3, 0.4) is 0 Å². The number of aromatic nitrogens is 2. The Balaban J connectivity index is 1.47. The summed E-state index contributed by atoms with van der Waals surface area (Å²) < 4.78 is 5.43. The lowest BCUT2D eigenvalue weighted by Crippen LogP contribution is -2.49. The Morgan fingerprint density at radius 1 is 1.04 bits per heavy atom. The fourth-order valence-corrected chi connectivity index (χ4v) is 3.85. The van der Waals surface area contributed by atoms with Crippen molar-refractivity contribution in [1.29, 1.82) is 0 Å². The lowest BCUT2D eigenvalue weighted by Gasteiger charge is -2.35. The van der Waals surface area contributed by atoms with Crippen LogP contribution in [0.2, 0.25) is 0 Å². The van der Waals surface area contributed by atoms with E-state index in [2.05, 4.69) is 33.9 Å². The van der Waals surface area contributed by atoms with Crippen molar-refractivity contribution in [2.75, 3.05) is 31.1 Å². The zero-order valence-electron chi connectivity index (χ0n) is 16.5. The molecule has 0 atom stereocenters. The van der Waals surface area contributed by atoms with Gasteiger partial charge in [0.25, 0.3) is 5.91 Å². The summed E-state index contributed by atoms with van der Waals surface area (Å²) in [6.45, 7) is 8.80. The van der Waals surface area contributed by atoms with E-state index in [0.29, 0.717) is 32.1 Å². The molecule has 6 nitrogen and oxygen atoms in total. The number of furan rings is 1. The Hall–Kier alpha value is -3.15. The molecule has 1 saturated heterocycles. The number of benzene rings is 1. The molecule has 0 radical (unpaired) electrons. The predicted octanol–water partition coefficient (Wildman–Crippen LogP) is 3.62. The molecule has 4 rings (SSSR count). The van der Waals surface area contributed by atoms with Crippen molar-refractivity contribution in [2.45, 2.75) is 20.8 Å². The third kappa shape index (κ3) is 3.50. The number of carbonyl (C=O) groups excluding carboxylic acids is 1. The molecule has 0 bridgehead atoms. The number of aryl methyl sites for hydroxylation is 3. The highest BCUT2D eigenvalue weighted by Gasteiger charge is 2.25. The van der Waals surface area contributed by atoms with Gasteiger partial charge in [-0.2, -0.15) is 0 Å². The van der Waals surface area contributed by atoms with Crippen LogP contribution in [0.1, 0.15) is 27.0 Å². The van der Waals surface area contributed by atoms with Gasteiger partial charge in [0, 0.05) is 37.9 Å². The quantitative estimate of drug-likeness (QED) is 0.699. The minimum absolute atomic E-state index is 0.111. The maximum Gasteiger partial charge on any atom is 0.254 e. The normalized spacial score (nSPS) is 14.4. The summed E-state index contributed by atoms with van der Waals surface area (Å²) in [7, 11) is 0. The molecule has 3 aromatic rings. The van der Waals surface area contributed by atoms with Crippen LogP contribution in [0, 0.1) is 20.8 Å². The average molecular weight is 376 g/mol. The number of piperazine rings is 1. The lowest BCUT2D eigenvalue weighted by molar-refractivity contribution is 0.0744. The molecule has 0 spiro atoms. The van der Waals surface area contributed by atoms with Gasteiger partial charge >= 0.3 is 0 Å². The maximum atomic E-state index is 13.1. The molecule has 0 aliphatic carbocycles. The molecule has 144 valence electrons. The first kappa shape index (κ1) is 18.2. The molecule has 1 fully saturated rings. The summed E-state index contributed by atoms with van der Waals surface area (Å²) >= 11 is 0. The highest BCUT2D eigenvalue weighted by molar-refractivity contribution is 5.97. The molecule has 1 amide bonds. The Labute approximate surface area is 164 Å². The predicted molar refractivity (Wildman–Crippen MR) is 109 cm³/mol. The molecule has 1 aliphatic rings. The van der Waals surface area contributed by atoms with Crippen LogP contribution in [0.25, 0.3) is 11.5 Å². The van der Waals surface area contributed by atoms with Crippen molar-refractivity contribution >= 4 is 11.9 Å². The fourth-order valence-electron chi connectivity index (χ4n) is 3.85. The highest BCUT2D eigenvalue weighted by atomic mass is 16.3. The van der Waals surface area contributed by atoms with Crippen LogP contribution >= 0.6 is 0 Å². The summed E-state index contributed by atoms with van der Waals surface area (Å²) in [5, 5.41) is 0. The van der Waals surface area contributed by atoms with E-state index in [4.69, 9.17) is 4.42 Å². The van der Waals surface area contributed by atoms with Crippen LogP contribution in [-0.4, -0.2) is 47.0 Å². The van der Waals surface area contributed by atoms with E-state index in [1.807, 2.05) is 36.9 Å². The van der Waals surface area contributed by atoms with E-state index in [1.165, 1.54) is 5.56 Å². The maximum absolute atomic E-state index is 13.1. The smallest absolute Gasteiger partial charge is 0.254 e. The van der Waals surface area contributed by atoms with Crippen molar-refractivity contribution in [2.24, 2.45) is 0 Å². The van der Waals surface area contributed by atoms with Crippen LogP contribution in [0.15, 0.2) is 47.2 Å². The first-order valence-electron chi connectivity index (χ1n) is 9.52. The van der Waals surface area contributed by atoms with Crippen LogP contribution in [-0.2, 0) is 0 Å². The minimum Gasteiger partial charge on any atom is -0.463 e. The van der Waals surface area contributed by atoms with Crippen LogP contribution < -0.4 is 4.90 Å². The second-order valence-corrected chi connectivity index (χ2v) is 7.27. The number of rotatable bonds is 3. The first-order valence-corrected chi connectivity index (χ1v) is 9.52. The van der Waals surface area contributed by atoms with Gasteiger partial charge in [-0.1, -0.05) is 17.7 Å². The van der Waals surface area contributed by atoms with E-state index in [1.54, 1.807) is 12.5 Å². The summed E-state index contributed by atoms with van der Waals surface area (Å²) in [6.07, 6.45) is 3.38. The Morgan fingerprint density at radius 3 is 2.39 bits per heavy atom. The van der Waals surface area contributed by atoms with Crippen molar-refractivity contribution < 1.29 is 9.21 Å². The number of anilines is 1. The van der Waals surface area contributed by atoms with E-state index in [-0.39, 0.29) is 5.91 Å². The van der Waals surface area contributed by atoms with Gasteiger partial charge in [-0.3, -0.25) is 4.79 Å². The largest absolute Gasteiger partial charge is 0.463 e. The van der Waals surface area contributed by atoms with E-state index in [9.17, 15) is 4.79 Å². The second kappa shape index (κ2) is 7.46. The Kier molecular flexibility index (Phi) is 4.86. The van der Waals surface area contributed by atoms with Gasteiger partial charge in [0.15, 0.2) is 5.76 Å². The Morgan fingerprint density at radius 2 is 1.75 bits per heavy atom.